The highest BCUT2D eigenvalue weighted by atomic mass is 32.3. The lowest BCUT2D eigenvalue weighted by Gasteiger charge is -2.42. The molecule has 0 aromatic rings. The number of ether oxygens (including phenoxy) is 1. The van der Waals surface area contributed by atoms with Crippen molar-refractivity contribution in [2.45, 2.75) is 64.7 Å². The summed E-state index contributed by atoms with van der Waals surface area (Å²) in [5.74, 6) is -0.261. The number of nitriles is 1. The zero-order valence-electron chi connectivity index (χ0n) is 14.2. The van der Waals surface area contributed by atoms with Crippen LogP contribution in [0.2, 0.25) is 0 Å². The third kappa shape index (κ3) is 7.00. The van der Waals surface area contributed by atoms with Gasteiger partial charge in [0.05, 0.1) is 18.9 Å². The lowest BCUT2D eigenvalue weighted by Crippen LogP contribution is -2.24. The summed E-state index contributed by atoms with van der Waals surface area (Å²) in [7, 11) is -1.03. The van der Waals surface area contributed by atoms with Crippen molar-refractivity contribution in [3.63, 3.8) is 0 Å². The molecule has 20 heavy (non-hydrogen) atoms. The van der Waals surface area contributed by atoms with E-state index in [1.807, 2.05) is 20.8 Å². The fraction of sp³-hybridized carbons (Fsp3) is 0.750. The summed E-state index contributed by atoms with van der Waals surface area (Å²) < 4.78 is 5.48. The van der Waals surface area contributed by atoms with Crippen LogP contribution in [-0.2, 0) is 9.53 Å². The summed E-state index contributed by atoms with van der Waals surface area (Å²) in [6.45, 7) is 12.1. The summed E-state index contributed by atoms with van der Waals surface area (Å²) in [5, 5.41) is 11.1. The first kappa shape index (κ1) is 19.1. The molecule has 0 aliphatic rings. The van der Waals surface area contributed by atoms with Gasteiger partial charge >= 0.3 is 5.97 Å². The van der Waals surface area contributed by atoms with Gasteiger partial charge < -0.3 is 4.74 Å². The molecule has 3 nitrogen and oxygen atoms in total. The summed E-state index contributed by atoms with van der Waals surface area (Å²) in [5.41, 5.74) is 0.387. The first-order valence-electron chi connectivity index (χ1n) is 6.80. The molecule has 0 aromatic heterocycles. The number of hydrogen-bond donors (Lipinski definition) is 0. The van der Waals surface area contributed by atoms with Crippen LogP contribution in [0.1, 0.15) is 54.4 Å². The second-order valence-corrected chi connectivity index (χ2v) is 11.7. The Morgan fingerprint density at radius 1 is 1.20 bits per heavy atom. The smallest absolute Gasteiger partial charge is 0.310 e. The van der Waals surface area contributed by atoms with Crippen molar-refractivity contribution in [3.05, 3.63) is 11.0 Å². The molecule has 0 saturated heterocycles. The molecule has 0 aromatic carbocycles. The predicted octanol–water partition coefficient (Wildman–Crippen LogP) is 4.38. The maximum Gasteiger partial charge on any atom is 0.310 e. The van der Waals surface area contributed by atoms with E-state index >= 15 is 0 Å². The molecule has 0 atom stereocenters. The second kappa shape index (κ2) is 6.67. The van der Waals surface area contributed by atoms with E-state index in [0.29, 0.717) is 0 Å². The molecule has 0 fully saturated rings. The summed E-state index contributed by atoms with van der Waals surface area (Å²) in [6, 6.07) is 2.15. The molecule has 116 valence electrons. The van der Waals surface area contributed by atoms with Crippen LogP contribution in [0, 0.1) is 11.3 Å². The first-order chi connectivity index (χ1) is 8.78. The highest BCUT2D eigenvalue weighted by Gasteiger charge is 2.27. The maximum absolute atomic E-state index is 11.9. The van der Waals surface area contributed by atoms with Gasteiger partial charge in [0.1, 0.15) is 5.60 Å². The number of esters is 1. The van der Waals surface area contributed by atoms with Crippen molar-refractivity contribution in [1.29, 1.82) is 5.26 Å². The van der Waals surface area contributed by atoms with Gasteiger partial charge in [-0.3, -0.25) is 4.79 Å². The van der Waals surface area contributed by atoms with Gasteiger partial charge in [0.2, 0.25) is 0 Å². The van der Waals surface area contributed by atoms with Crippen LogP contribution >= 0.6 is 10.0 Å². The van der Waals surface area contributed by atoms with Crippen LogP contribution in [0.25, 0.3) is 0 Å². The topological polar surface area (TPSA) is 50.1 Å². The minimum absolute atomic E-state index is 0.141. The molecular formula is C16H29NO2S. The van der Waals surface area contributed by atoms with Crippen molar-refractivity contribution in [2.24, 2.45) is 0 Å². The van der Waals surface area contributed by atoms with Crippen molar-refractivity contribution >= 4 is 16.0 Å². The average molecular weight is 299 g/mol. The molecule has 0 bridgehead atoms. The molecular weight excluding hydrogens is 270 g/mol. The Morgan fingerprint density at radius 2 is 1.70 bits per heavy atom. The standard InChI is InChI=1S/C16H29NO2S/c1-15(2,3)19-14(18)11-13(9-10-17)12-20(7,8)16(4,5)6/h12H,9,11H2,1-8H3/b13-12+. The summed E-state index contributed by atoms with van der Waals surface area (Å²) in [4.78, 5) is 11.9. The highest BCUT2D eigenvalue weighted by Crippen LogP contribution is 2.55. The van der Waals surface area contributed by atoms with E-state index in [-0.39, 0.29) is 23.6 Å². The van der Waals surface area contributed by atoms with Gasteiger partial charge in [-0.2, -0.15) is 5.26 Å². The van der Waals surface area contributed by atoms with E-state index in [4.69, 9.17) is 10.00 Å². The lowest BCUT2D eigenvalue weighted by molar-refractivity contribution is -0.153. The second-order valence-electron chi connectivity index (χ2n) is 7.39. The Hall–Kier alpha value is -0.950. The molecule has 0 heterocycles. The quantitative estimate of drug-likeness (QED) is 0.724. The number of carbonyl (C=O) groups excluding carboxylic acids is 1. The molecule has 0 spiro atoms. The highest BCUT2D eigenvalue weighted by molar-refractivity contribution is 8.36. The number of carbonyl (C=O) groups is 1. The normalized spacial score (nSPS) is 14.7. The molecule has 0 aliphatic heterocycles. The zero-order valence-corrected chi connectivity index (χ0v) is 15.0. The Bertz CT molecular complexity index is 417. The lowest BCUT2D eigenvalue weighted by atomic mass is 10.1. The van der Waals surface area contributed by atoms with E-state index in [0.717, 1.165) is 5.57 Å². The molecule has 0 radical (unpaired) electrons. The maximum atomic E-state index is 11.9. The van der Waals surface area contributed by atoms with Crippen molar-refractivity contribution in [3.8, 4) is 6.07 Å². The zero-order chi connectivity index (χ0) is 16.2. The Kier molecular flexibility index (Phi) is 6.35. The van der Waals surface area contributed by atoms with E-state index in [9.17, 15) is 4.79 Å². The molecule has 0 aliphatic carbocycles. The van der Waals surface area contributed by atoms with Crippen molar-refractivity contribution < 1.29 is 9.53 Å². The Labute approximate surface area is 125 Å². The van der Waals surface area contributed by atoms with E-state index in [2.05, 4.69) is 44.8 Å². The van der Waals surface area contributed by atoms with Crippen LogP contribution in [0.15, 0.2) is 11.0 Å². The van der Waals surface area contributed by atoms with Gasteiger partial charge in [-0.05, 0) is 49.0 Å². The predicted molar refractivity (Wildman–Crippen MR) is 88.0 cm³/mol. The van der Waals surface area contributed by atoms with Crippen LogP contribution < -0.4 is 0 Å². The third-order valence-corrected chi connectivity index (χ3v) is 7.22. The fourth-order valence-corrected chi connectivity index (χ4v) is 2.76. The minimum Gasteiger partial charge on any atom is -0.460 e. The van der Waals surface area contributed by atoms with Gasteiger partial charge in [0, 0.05) is 0 Å². The third-order valence-electron chi connectivity index (χ3n) is 3.14. The first-order valence-corrected chi connectivity index (χ1v) is 9.31. The molecule has 0 unspecified atom stereocenters. The van der Waals surface area contributed by atoms with Crippen LogP contribution in [0.4, 0.5) is 0 Å². The van der Waals surface area contributed by atoms with Crippen LogP contribution in [0.5, 0.6) is 0 Å². The van der Waals surface area contributed by atoms with E-state index < -0.39 is 15.6 Å². The molecule has 0 amide bonds. The minimum atomic E-state index is -1.03. The Balaban J connectivity index is 5.09. The van der Waals surface area contributed by atoms with E-state index in [1.54, 1.807) is 0 Å². The van der Waals surface area contributed by atoms with Gasteiger partial charge in [0.15, 0.2) is 0 Å². The van der Waals surface area contributed by atoms with Crippen molar-refractivity contribution in [2.75, 3.05) is 12.5 Å². The van der Waals surface area contributed by atoms with Gasteiger partial charge in [0.25, 0.3) is 0 Å². The summed E-state index contributed by atoms with van der Waals surface area (Å²) >= 11 is 0. The number of hydrogen-bond acceptors (Lipinski definition) is 3. The van der Waals surface area contributed by atoms with Crippen molar-refractivity contribution in [1.82, 2.24) is 0 Å². The molecule has 0 rings (SSSR count). The molecule has 0 saturated carbocycles. The largest absolute Gasteiger partial charge is 0.460 e. The molecule has 4 heteroatoms. The fourth-order valence-electron chi connectivity index (χ4n) is 1.40. The number of nitrogens with zero attached hydrogens (tertiary/aromatic N) is 1. The number of rotatable bonds is 4. The Morgan fingerprint density at radius 3 is 2.05 bits per heavy atom. The van der Waals surface area contributed by atoms with E-state index in [1.165, 1.54) is 0 Å². The van der Waals surface area contributed by atoms with Gasteiger partial charge in [-0.1, -0.05) is 20.8 Å². The van der Waals surface area contributed by atoms with Gasteiger partial charge in [-0.15, -0.1) is 0 Å². The SMILES string of the molecule is CC(C)(C)OC(=O)C/C(=C/S(C)(C)C(C)(C)C)CC#N. The summed E-state index contributed by atoms with van der Waals surface area (Å²) in [6.07, 6.45) is 4.90. The van der Waals surface area contributed by atoms with Gasteiger partial charge in [-0.25, -0.2) is 10.0 Å². The molecule has 0 N–H and O–H groups in total. The van der Waals surface area contributed by atoms with Crippen LogP contribution in [0.3, 0.4) is 0 Å². The monoisotopic (exact) mass is 299 g/mol. The van der Waals surface area contributed by atoms with Crippen LogP contribution in [-0.4, -0.2) is 28.8 Å². The average Bonchev–Trinajstić information content (AvgIpc) is 2.11.